The average molecular weight is 288 g/mol. The lowest BCUT2D eigenvalue weighted by Crippen LogP contribution is -2.45. The molecule has 4 heteroatoms. The lowest BCUT2D eigenvalue weighted by molar-refractivity contribution is -0.121. The predicted octanol–water partition coefficient (Wildman–Crippen LogP) is 2.42. The zero-order chi connectivity index (χ0) is 15.2. The molecule has 0 aromatic heterocycles. The number of carbonyl (C=O) groups is 2. The third-order valence-electron chi connectivity index (χ3n) is 4.26. The van der Waals surface area contributed by atoms with Gasteiger partial charge in [-0.2, -0.15) is 0 Å². The normalized spacial score (nSPS) is 21.6. The summed E-state index contributed by atoms with van der Waals surface area (Å²) >= 11 is 0. The Hall–Kier alpha value is -1.84. The fraction of sp³-hybridized carbons (Fsp3) is 0.529. The van der Waals surface area contributed by atoms with Crippen LogP contribution >= 0.6 is 0 Å². The van der Waals surface area contributed by atoms with E-state index in [0.717, 1.165) is 12.0 Å². The second kappa shape index (κ2) is 7.25. The van der Waals surface area contributed by atoms with E-state index in [2.05, 4.69) is 17.6 Å². The minimum Gasteiger partial charge on any atom is -0.352 e. The summed E-state index contributed by atoms with van der Waals surface area (Å²) < 4.78 is 0. The molecular formula is C17H24N2O2. The molecule has 2 rings (SSSR count). The van der Waals surface area contributed by atoms with Crippen LogP contribution in [0.3, 0.4) is 0 Å². The molecule has 114 valence electrons. The van der Waals surface area contributed by atoms with Crippen molar-refractivity contribution in [1.82, 2.24) is 10.6 Å². The van der Waals surface area contributed by atoms with Crippen LogP contribution in [-0.4, -0.2) is 24.4 Å². The second-order valence-corrected chi connectivity index (χ2v) is 5.93. The van der Waals surface area contributed by atoms with Gasteiger partial charge < -0.3 is 10.6 Å². The van der Waals surface area contributed by atoms with Crippen LogP contribution in [0, 0.1) is 12.8 Å². The summed E-state index contributed by atoms with van der Waals surface area (Å²) in [6, 6.07) is 7.63. The highest BCUT2D eigenvalue weighted by Crippen LogP contribution is 2.23. The van der Waals surface area contributed by atoms with Crippen LogP contribution in [0.15, 0.2) is 24.3 Å². The molecule has 0 heterocycles. The van der Waals surface area contributed by atoms with Gasteiger partial charge in [0.2, 0.25) is 5.91 Å². The number of carbonyl (C=O) groups excluding carboxylic acids is 2. The summed E-state index contributed by atoms with van der Waals surface area (Å²) in [6.07, 6.45) is 4.63. The number of hydrogen-bond acceptors (Lipinski definition) is 2. The summed E-state index contributed by atoms with van der Waals surface area (Å²) in [4.78, 5) is 24.0. The fourth-order valence-corrected chi connectivity index (χ4v) is 2.87. The molecule has 1 aliphatic rings. The first kappa shape index (κ1) is 15.5. The number of nitrogens with one attached hydrogen (secondary N) is 2. The molecule has 1 fully saturated rings. The van der Waals surface area contributed by atoms with Crippen LogP contribution in [0.2, 0.25) is 0 Å². The summed E-state index contributed by atoms with van der Waals surface area (Å²) in [5.74, 6) is 0.227. The number of aryl methyl sites for hydroxylation is 1. The van der Waals surface area contributed by atoms with E-state index < -0.39 is 0 Å². The van der Waals surface area contributed by atoms with Crippen molar-refractivity contribution < 1.29 is 9.59 Å². The van der Waals surface area contributed by atoms with Gasteiger partial charge in [-0.05, 0) is 37.3 Å². The molecule has 2 atom stereocenters. The molecule has 2 amide bonds. The third-order valence-corrected chi connectivity index (χ3v) is 4.26. The van der Waals surface area contributed by atoms with Crippen LogP contribution in [0.4, 0.5) is 0 Å². The van der Waals surface area contributed by atoms with Crippen molar-refractivity contribution in [2.45, 2.75) is 45.6 Å². The smallest absolute Gasteiger partial charge is 0.251 e. The molecule has 1 aromatic carbocycles. The Morgan fingerprint density at radius 2 is 1.90 bits per heavy atom. The lowest BCUT2D eigenvalue weighted by Gasteiger charge is -2.29. The molecule has 1 aliphatic carbocycles. The number of hydrogen-bond donors (Lipinski definition) is 2. The van der Waals surface area contributed by atoms with Gasteiger partial charge in [0, 0.05) is 11.6 Å². The fourth-order valence-electron chi connectivity index (χ4n) is 2.87. The van der Waals surface area contributed by atoms with Crippen molar-refractivity contribution in [2.75, 3.05) is 6.54 Å². The molecule has 21 heavy (non-hydrogen) atoms. The van der Waals surface area contributed by atoms with Gasteiger partial charge in [-0.25, -0.2) is 0 Å². The van der Waals surface area contributed by atoms with E-state index in [1.54, 1.807) is 6.07 Å². The van der Waals surface area contributed by atoms with Crippen molar-refractivity contribution >= 4 is 11.8 Å². The van der Waals surface area contributed by atoms with Gasteiger partial charge in [-0.1, -0.05) is 38.0 Å². The standard InChI is InChI=1S/C17H24N2O2/c1-12-7-3-5-9-14(12)17(21)18-11-16(20)19-15-10-6-4-8-13(15)2/h3,5,7,9,13,15H,4,6,8,10-11H2,1-2H3,(H,18,21)(H,19,20). The monoisotopic (exact) mass is 288 g/mol. The van der Waals surface area contributed by atoms with Crippen molar-refractivity contribution in [2.24, 2.45) is 5.92 Å². The van der Waals surface area contributed by atoms with Gasteiger partial charge >= 0.3 is 0 Å². The minimum absolute atomic E-state index is 0.0381. The van der Waals surface area contributed by atoms with Crippen LogP contribution in [0.25, 0.3) is 0 Å². The number of benzene rings is 1. The Labute approximate surface area is 126 Å². The maximum atomic E-state index is 12.0. The highest BCUT2D eigenvalue weighted by Gasteiger charge is 2.22. The molecular weight excluding hydrogens is 264 g/mol. The van der Waals surface area contributed by atoms with Gasteiger partial charge in [0.15, 0.2) is 0 Å². The molecule has 0 saturated heterocycles. The largest absolute Gasteiger partial charge is 0.352 e. The zero-order valence-electron chi connectivity index (χ0n) is 12.8. The SMILES string of the molecule is Cc1ccccc1C(=O)NCC(=O)NC1CCCCC1C. The van der Waals surface area contributed by atoms with Crippen molar-refractivity contribution in [3.63, 3.8) is 0 Å². The topological polar surface area (TPSA) is 58.2 Å². The number of amides is 2. The van der Waals surface area contributed by atoms with Crippen LogP contribution in [-0.2, 0) is 4.79 Å². The Bertz CT molecular complexity index is 513. The molecule has 0 spiro atoms. The predicted molar refractivity (Wildman–Crippen MR) is 83.1 cm³/mol. The molecule has 0 radical (unpaired) electrons. The van der Waals surface area contributed by atoms with Gasteiger partial charge in [0.1, 0.15) is 0 Å². The average Bonchev–Trinajstić information content (AvgIpc) is 2.48. The molecule has 0 aliphatic heterocycles. The van der Waals surface area contributed by atoms with Crippen LogP contribution in [0.1, 0.15) is 48.5 Å². The summed E-state index contributed by atoms with van der Waals surface area (Å²) in [5, 5.41) is 5.73. The highest BCUT2D eigenvalue weighted by atomic mass is 16.2. The Morgan fingerprint density at radius 1 is 1.19 bits per heavy atom. The van der Waals surface area contributed by atoms with Crippen molar-refractivity contribution in [1.29, 1.82) is 0 Å². The maximum absolute atomic E-state index is 12.0. The highest BCUT2D eigenvalue weighted by molar-refractivity contribution is 5.97. The van der Waals surface area contributed by atoms with Crippen molar-refractivity contribution in [3.05, 3.63) is 35.4 Å². The molecule has 2 unspecified atom stereocenters. The van der Waals surface area contributed by atoms with E-state index in [-0.39, 0.29) is 24.4 Å². The molecule has 2 N–H and O–H groups in total. The lowest BCUT2D eigenvalue weighted by atomic mass is 9.86. The first-order chi connectivity index (χ1) is 10.1. The Balaban J connectivity index is 1.81. The van der Waals surface area contributed by atoms with Crippen LogP contribution < -0.4 is 10.6 Å². The maximum Gasteiger partial charge on any atom is 0.251 e. The summed E-state index contributed by atoms with van der Waals surface area (Å²) in [5.41, 5.74) is 1.53. The van der Waals surface area contributed by atoms with Gasteiger partial charge in [-0.15, -0.1) is 0 Å². The second-order valence-electron chi connectivity index (χ2n) is 5.93. The Kier molecular flexibility index (Phi) is 5.37. The van der Waals surface area contributed by atoms with Gasteiger partial charge in [0.25, 0.3) is 5.91 Å². The molecule has 1 aromatic rings. The quantitative estimate of drug-likeness (QED) is 0.894. The zero-order valence-corrected chi connectivity index (χ0v) is 12.8. The molecule has 1 saturated carbocycles. The first-order valence-corrected chi connectivity index (χ1v) is 7.71. The van der Waals surface area contributed by atoms with Crippen molar-refractivity contribution in [3.8, 4) is 0 Å². The van der Waals surface area contributed by atoms with E-state index in [0.29, 0.717) is 11.5 Å². The van der Waals surface area contributed by atoms with Gasteiger partial charge in [0.05, 0.1) is 6.54 Å². The van der Waals surface area contributed by atoms with E-state index in [1.165, 1.54) is 19.3 Å². The van der Waals surface area contributed by atoms with E-state index in [4.69, 9.17) is 0 Å². The first-order valence-electron chi connectivity index (χ1n) is 7.71. The van der Waals surface area contributed by atoms with E-state index in [1.807, 2.05) is 25.1 Å². The number of rotatable bonds is 4. The third kappa shape index (κ3) is 4.31. The van der Waals surface area contributed by atoms with Crippen LogP contribution in [0.5, 0.6) is 0 Å². The summed E-state index contributed by atoms with van der Waals surface area (Å²) in [7, 11) is 0. The molecule has 4 nitrogen and oxygen atoms in total. The Morgan fingerprint density at radius 3 is 2.62 bits per heavy atom. The van der Waals surface area contributed by atoms with Gasteiger partial charge in [-0.3, -0.25) is 9.59 Å². The van der Waals surface area contributed by atoms with E-state index in [9.17, 15) is 9.59 Å². The van der Waals surface area contributed by atoms with E-state index >= 15 is 0 Å². The minimum atomic E-state index is -0.194. The molecule has 0 bridgehead atoms. The summed E-state index contributed by atoms with van der Waals surface area (Å²) in [6.45, 7) is 4.10.